The van der Waals surface area contributed by atoms with E-state index in [2.05, 4.69) is 32.6 Å². The van der Waals surface area contributed by atoms with Crippen LogP contribution in [0, 0.1) is 0 Å². The molecule has 0 saturated carbocycles. The van der Waals surface area contributed by atoms with Gasteiger partial charge in [0.25, 0.3) is 0 Å². The molecule has 0 radical (unpaired) electrons. The van der Waals surface area contributed by atoms with Crippen LogP contribution in [0.15, 0.2) is 29.4 Å². The Morgan fingerprint density at radius 1 is 1.48 bits per heavy atom. The van der Waals surface area contributed by atoms with E-state index in [-0.39, 0.29) is 30.1 Å². The third-order valence-corrected chi connectivity index (χ3v) is 3.23. The second-order valence-electron chi connectivity index (χ2n) is 4.88. The second kappa shape index (κ2) is 9.91. The van der Waals surface area contributed by atoms with E-state index in [0.29, 0.717) is 6.54 Å². The fraction of sp³-hybridized carbons (Fsp3) is 0.571. The monoisotopic (exact) mass is 405 g/mol. The Labute approximate surface area is 143 Å². The number of morpholine rings is 1. The van der Waals surface area contributed by atoms with Crippen molar-refractivity contribution in [2.45, 2.75) is 12.6 Å². The van der Waals surface area contributed by atoms with Crippen LogP contribution in [0.5, 0.6) is 0 Å². The Bertz CT molecular complexity index is 429. The van der Waals surface area contributed by atoms with Crippen LogP contribution < -0.4 is 10.6 Å². The van der Waals surface area contributed by atoms with Crippen LogP contribution in [0.2, 0.25) is 0 Å². The third kappa shape index (κ3) is 6.58. The van der Waals surface area contributed by atoms with Gasteiger partial charge >= 0.3 is 0 Å². The molecule has 1 unspecified atom stereocenters. The molecule has 1 aromatic rings. The largest absolute Gasteiger partial charge is 0.374 e. The molecule has 0 amide bonds. The summed E-state index contributed by atoms with van der Waals surface area (Å²) >= 11 is 0. The minimum Gasteiger partial charge on any atom is -0.374 e. The number of rotatable bonds is 4. The van der Waals surface area contributed by atoms with Gasteiger partial charge in [-0.25, -0.2) is 0 Å². The molecular weight excluding hydrogens is 381 g/mol. The molecule has 1 saturated heterocycles. The Kier molecular flexibility index (Phi) is 8.55. The van der Waals surface area contributed by atoms with E-state index in [1.165, 1.54) is 0 Å². The standard InChI is InChI=1S/C14H23N5O.HI/c1-15-14(17-9-12-5-3-4-6-16-12)18-10-13-11-19(2)7-8-20-13;/h3-6,13H,7-11H2,1-2H3,(H2,15,17,18);1H. The zero-order valence-electron chi connectivity index (χ0n) is 12.6. The van der Waals surface area contributed by atoms with Gasteiger partial charge in [0.15, 0.2) is 5.96 Å². The molecule has 2 N–H and O–H groups in total. The Morgan fingerprint density at radius 2 is 2.33 bits per heavy atom. The fourth-order valence-corrected chi connectivity index (χ4v) is 2.10. The number of aromatic nitrogens is 1. The van der Waals surface area contributed by atoms with E-state index in [9.17, 15) is 0 Å². The lowest BCUT2D eigenvalue weighted by atomic mass is 10.3. The molecule has 1 atom stereocenters. The van der Waals surface area contributed by atoms with Gasteiger partial charge in [-0.1, -0.05) is 6.07 Å². The van der Waals surface area contributed by atoms with Crippen molar-refractivity contribution < 1.29 is 4.74 Å². The average molecular weight is 405 g/mol. The molecule has 1 aromatic heterocycles. The lowest BCUT2D eigenvalue weighted by Gasteiger charge is -2.30. The molecule has 1 aliphatic rings. The van der Waals surface area contributed by atoms with Crippen LogP contribution in [0.4, 0.5) is 0 Å². The maximum absolute atomic E-state index is 5.71. The molecule has 7 heteroatoms. The summed E-state index contributed by atoms with van der Waals surface area (Å²) in [5.74, 6) is 0.771. The van der Waals surface area contributed by atoms with Crippen molar-refractivity contribution in [1.29, 1.82) is 0 Å². The number of ether oxygens (including phenoxy) is 1. The molecule has 21 heavy (non-hydrogen) atoms. The highest BCUT2D eigenvalue weighted by Crippen LogP contribution is 2.01. The summed E-state index contributed by atoms with van der Waals surface area (Å²) in [6, 6.07) is 5.87. The normalized spacial score (nSPS) is 19.7. The summed E-state index contributed by atoms with van der Waals surface area (Å²) in [6.45, 7) is 4.16. The highest BCUT2D eigenvalue weighted by atomic mass is 127. The number of nitrogens with one attached hydrogen (secondary N) is 2. The van der Waals surface area contributed by atoms with Crippen molar-refractivity contribution in [3.63, 3.8) is 0 Å². The smallest absolute Gasteiger partial charge is 0.191 e. The van der Waals surface area contributed by atoms with Gasteiger partial charge in [-0.2, -0.15) is 0 Å². The molecule has 1 fully saturated rings. The van der Waals surface area contributed by atoms with Gasteiger partial charge in [0.2, 0.25) is 0 Å². The van der Waals surface area contributed by atoms with Crippen molar-refractivity contribution in [2.75, 3.05) is 40.3 Å². The van der Waals surface area contributed by atoms with Crippen molar-refractivity contribution in [1.82, 2.24) is 20.5 Å². The molecule has 0 bridgehead atoms. The Balaban J connectivity index is 0.00000220. The SMILES string of the molecule is CN=C(NCc1ccccn1)NCC1CN(C)CCO1.I. The fourth-order valence-electron chi connectivity index (χ4n) is 2.10. The van der Waals surface area contributed by atoms with Crippen LogP contribution in [0.25, 0.3) is 0 Å². The maximum Gasteiger partial charge on any atom is 0.191 e. The number of likely N-dealkylation sites (N-methyl/N-ethyl adjacent to an activating group) is 1. The molecule has 1 aliphatic heterocycles. The first kappa shape index (κ1) is 18.1. The highest BCUT2D eigenvalue weighted by Gasteiger charge is 2.17. The van der Waals surface area contributed by atoms with Gasteiger partial charge in [-0.15, -0.1) is 24.0 Å². The van der Waals surface area contributed by atoms with Crippen molar-refractivity contribution in [3.05, 3.63) is 30.1 Å². The minimum atomic E-state index is 0. The number of hydrogen-bond donors (Lipinski definition) is 2. The van der Waals surface area contributed by atoms with E-state index in [1.807, 2.05) is 18.2 Å². The van der Waals surface area contributed by atoms with Crippen LogP contribution >= 0.6 is 24.0 Å². The summed E-state index contributed by atoms with van der Waals surface area (Å²) in [5, 5.41) is 6.53. The Hall–Kier alpha value is -0.930. The van der Waals surface area contributed by atoms with Gasteiger partial charge in [0.05, 0.1) is 24.9 Å². The second-order valence-corrected chi connectivity index (χ2v) is 4.88. The number of halogens is 1. The molecule has 2 rings (SSSR count). The quantitative estimate of drug-likeness (QED) is 0.439. The molecule has 0 spiro atoms. The number of nitrogens with zero attached hydrogens (tertiary/aromatic N) is 3. The number of aliphatic imine (C=N–C) groups is 1. The van der Waals surface area contributed by atoms with Gasteiger partial charge in [0, 0.05) is 32.9 Å². The summed E-state index contributed by atoms with van der Waals surface area (Å²) in [4.78, 5) is 10.7. The van der Waals surface area contributed by atoms with Crippen molar-refractivity contribution in [2.24, 2.45) is 4.99 Å². The topological polar surface area (TPSA) is 61.8 Å². The molecule has 0 aromatic carbocycles. The van der Waals surface area contributed by atoms with Crippen molar-refractivity contribution in [3.8, 4) is 0 Å². The summed E-state index contributed by atoms with van der Waals surface area (Å²) < 4.78 is 5.71. The molecule has 0 aliphatic carbocycles. The van der Waals surface area contributed by atoms with Gasteiger partial charge in [-0.3, -0.25) is 9.98 Å². The number of guanidine groups is 1. The molecule has 6 nitrogen and oxygen atoms in total. The number of hydrogen-bond acceptors (Lipinski definition) is 4. The lowest BCUT2D eigenvalue weighted by molar-refractivity contribution is -0.0161. The van der Waals surface area contributed by atoms with E-state index in [1.54, 1.807) is 13.2 Å². The summed E-state index contributed by atoms with van der Waals surface area (Å²) in [7, 11) is 3.88. The Morgan fingerprint density at radius 3 is 3.00 bits per heavy atom. The average Bonchev–Trinajstić information content (AvgIpc) is 2.48. The summed E-state index contributed by atoms with van der Waals surface area (Å²) in [5.41, 5.74) is 0.990. The van der Waals surface area contributed by atoms with E-state index < -0.39 is 0 Å². The predicted molar refractivity (Wildman–Crippen MR) is 95.1 cm³/mol. The maximum atomic E-state index is 5.71. The zero-order chi connectivity index (χ0) is 14.2. The molecule has 2 heterocycles. The van der Waals surface area contributed by atoms with Crippen LogP contribution in [0.1, 0.15) is 5.69 Å². The van der Waals surface area contributed by atoms with Crippen LogP contribution in [0.3, 0.4) is 0 Å². The molecular formula is C14H24IN5O. The van der Waals surface area contributed by atoms with Gasteiger partial charge in [-0.05, 0) is 19.2 Å². The first-order chi connectivity index (χ1) is 9.78. The zero-order valence-corrected chi connectivity index (χ0v) is 14.9. The van der Waals surface area contributed by atoms with Gasteiger partial charge in [0.1, 0.15) is 0 Å². The van der Waals surface area contributed by atoms with Crippen molar-refractivity contribution >= 4 is 29.9 Å². The van der Waals surface area contributed by atoms with Gasteiger partial charge < -0.3 is 20.3 Å². The van der Waals surface area contributed by atoms with Crippen LogP contribution in [-0.4, -0.2) is 62.3 Å². The predicted octanol–water partition coefficient (Wildman–Crippen LogP) is 0.695. The van der Waals surface area contributed by atoms with E-state index >= 15 is 0 Å². The van der Waals surface area contributed by atoms with E-state index in [0.717, 1.165) is 37.9 Å². The van der Waals surface area contributed by atoms with E-state index in [4.69, 9.17) is 4.74 Å². The minimum absolute atomic E-state index is 0. The first-order valence-electron chi connectivity index (χ1n) is 6.92. The summed E-state index contributed by atoms with van der Waals surface area (Å²) in [6.07, 6.45) is 2.00. The van der Waals surface area contributed by atoms with Crippen LogP contribution in [-0.2, 0) is 11.3 Å². The highest BCUT2D eigenvalue weighted by molar-refractivity contribution is 14.0. The lowest BCUT2D eigenvalue weighted by Crippen LogP contribution is -2.48. The first-order valence-corrected chi connectivity index (χ1v) is 6.92. The molecule has 118 valence electrons. The number of pyridine rings is 1. The third-order valence-electron chi connectivity index (χ3n) is 3.23.